The first-order valence-electron chi connectivity index (χ1n) is 4.61. The number of aliphatic hydroxyl groups excluding tert-OH is 1. The Kier molecular flexibility index (Phi) is 3.77. The van der Waals surface area contributed by atoms with Crippen LogP contribution in [0, 0.1) is 10.1 Å². The molecule has 2 heterocycles. The summed E-state index contributed by atoms with van der Waals surface area (Å²) in [7, 11) is 0. The first-order chi connectivity index (χ1) is 8.08. The van der Waals surface area contributed by atoms with Crippen molar-refractivity contribution in [3.8, 4) is 0 Å². The van der Waals surface area contributed by atoms with Crippen molar-refractivity contribution in [1.29, 1.82) is 0 Å². The molecule has 0 aliphatic heterocycles. The van der Waals surface area contributed by atoms with Crippen LogP contribution in [0.25, 0.3) is 0 Å². The molecule has 2 rings (SSSR count). The summed E-state index contributed by atoms with van der Waals surface area (Å²) in [6.07, 6.45) is 0.964. The minimum Gasteiger partial charge on any atom is -0.388 e. The van der Waals surface area contributed by atoms with E-state index in [1.165, 1.54) is 40.5 Å². The van der Waals surface area contributed by atoms with Crippen molar-refractivity contribution in [1.82, 2.24) is 4.98 Å². The van der Waals surface area contributed by atoms with E-state index < -0.39 is 11.0 Å². The molecule has 0 fully saturated rings. The van der Waals surface area contributed by atoms with Crippen molar-refractivity contribution in [3.05, 3.63) is 32.6 Å². The summed E-state index contributed by atoms with van der Waals surface area (Å²) >= 11 is 3.92. The zero-order valence-corrected chi connectivity index (χ0v) is 11.1. The predicted molar refractivity (Wildman–Crippen MR) is 67.8 cm³/mol. The fraction of sp³-hybridized carbons (Fsp3) is 0.222. The molecule has 0 radical (unpaired) electrons. The predicted octanol–water partition coefficient (Wildman–Crippen LogP) is 3.32. The summed E-state index contributed by atoms with van der Waals surface area (Å²) in [6.45, 7) is 1.59. The van der Waals surface area contributed by atoms with Crippen LogP contribution in [-0.4, -0.2) is 15.0 Å². The van der Waals surface area contributed by atoms with Crippen LogP contribution < -0.4 is 0 Å². The Balaban J connectivity index is 2.34. The van der Waals surface area contributed by atoms with E-state index in [1.54, 1.807) is 13.1 Å². The second kappa shape index (κ2) is 5.13. The van der Waals surface area contributed by atoms with Gasteiger partial charge in [0.15, 0.2) is 4.34 Å². The summed E-state index contributed by atoms with van der Waals surface area (Å²) in [5.74, 6) is 0. The molecule has 0 aliphatic rings. The molecule has 0 spiro atoms. The number of hydrogen-bond acceptors (Lipinski definition) is 7. The quantitative estimate of drug-likeness (QED) is 0.690. The highest BCUT2D eigenvalue weighted by Gasteiger charge is 2.22. The van der Waals surface area contributed by atoms with Crippen LogP contribution >= 0.6 is 34.4 Å². The van der Waals surface area contributed by atoms with Crippen LogP contribution in [0.5, 0.6) is 0 Å². The Morgan fingerprint density at radius 2 is 2.41 bits per heavy atom. The summed E-state index contributed by atoms with van der Waals surface area (Å²) in [4.78, 5) is 15.1. The van der Waals surface area contributed by atoms with E-state index in [9.17, 15) is 15.2 Å². The van der Waals surface area contributed by atoms with Gasteiger partial charge in [0, 0.05) is 22.5 Å². The van der Waals surface area contributed by atoms with Crippen molar-refractivity contribution in [2.24, 2.45) is 0 Å². The highest BCUT2D eigenvalue weighted by molar-refractivity contribution is 8.02. The SMILES string of the molecule is C[C@H](O)c1cc([N+](=O)[O-])c(Sc2nccs2)s1. The number of aromatic nitrogens is 1. The van der Waals surface area contributed by atoms with Gasteiger partial charge in [0.1, 0.15) is 4.21 Å². The molecular weight excluding hydrogens is 280 g/mol. The van der Waals surface area contributed by atoms with E-state index in [0.717, 1.165) is 4.34 Å². The van der Waals surface area contributed by atoms with Crippen LogP contribution in [-0.2, 0) is 0 Å². The van der Waals surface area contributed by atoms with Crippen LogP contribution in [0.4, 0.5) is 5.69 Å². The molecule has 5 nitrogen and oxygen atoms in total. The monoisotopic (exact) mass is 288 g/mol. The lowest BCUT2D eigenvalue weighted by molar-refractivity contribution is -0.387. The van der Waals surface area contributed by atoms with E-state index in [2.05, 4.69) is 4.98 Å². The summed E-state index contributed by atoms with van der Waals surface area (Å²) in [6, 6.07) is 1.42. The average Bonchev–Trinajstić information content (AvgIpc) is 2.87. The molecule has 0 amide bonds. The molecule has 1 atom stereocenters. The summed E-state index contributed by atoms with van der Waals surface area (Å²) < 4.78 is 1.31. The van der Waals surface area contributed by atoms with Crippen LogP contribution in [0.15, 0.2) is 26.2 Å². The van der Waals surface area contributed by atoms with Gasteiger partial charge in [0.25, 0.3) is 5.69 Å². The van der Waals surface area contributed by atoms with Gasteiger partial charge in [-0.2, -0.15) is 0 Å². The third-order valence-corrected chi connectivity index (χ3v) is 5.26. The molecule has 90 valence electrons. The number of thiazole rings is 1. The van der Waals surface area contributed by atoms with Gasteiger partial charge in [-0.05, 0) is 18.7 Å². The zero-order chi connectivity index (χ0) is 12.4. The maximum atomic E-state index is 10.9. The number of nitro groups is 1. The second-order valence-corrected chi connectivity index (χ2v) is 6.65. The lowest BCUT2D eigenvalue weighted by Gasteiger charge is -1.95. The smallest absolute Gasteiger partial charge is 0.294 e. The Hall–Kier alpha value is -0.960. The lowest BCUT2D eigenvalue weighted by Crippen LogP contribution is -1.87. The number of aliphatic hydroxyl groups is 1. The van der Waals surface area contributed by atoms with Crippen LogP contribution in [0.3, 0.4) is 0 Å². The van der Waals surface area contributed by atoms with Crippen molar-refractivity contribution in [2.75, 3.05) is 0 Å². The van der Waals surface area contributed by atoms with E-state index in [-0.39, 0.29) is 5.69 Å². The van der Waals surface area contributed by atoms with Gasteiger partial charge < -0.3 is 5.11 Å². The molecule has 17 heavy (non-hydrogen) atoms. The molecule has 2 aromatic rings. The molecule has 0 aromatic carbocycles. The topological polar surface area (TPSA) is 76.3 Å². The van der Waals surface area contributed by atoms with E-state index in [0.29, 0.717) is 9.09 Å². The van der Waals surface area contributed by atoms with Gasteiger partial charge in [-0.15, -0.1) is 22.7 Å². The molecular formula is C9H8N2O3S3. The minimum atomic E-state index is -0.690. The Morgan fingerprint density at radius 1 is 1.65 bits per heavy atom. The number of thiophene rings is 1. The fourth-order valence-electron chi connectivity index (χ4n) is 1.13. The number of hydrogen-bond donors (Lipinski definition) is 1. The Labute approximate surface area is 109 Å². The van der Waals surface area contributed by atoms with Crippen molar-refractivity contribution in [3.63, 3.8) is 0 Å². The average molecular weight is 288 g/mol. The highest BCUT2D eigenvalue weighted by Crippen LogP contribution is 2.43. The third kappa shape index (κ3) is 2.83. The van der Waals surface area contributed by atoms with Gasteiger partial charge in [-0.1, -0.05) is 0 Å². The first kappa shape index (κ1) is 12.5. The summed E-state index contributed by atoms with van der Waals surface area (Å²) in [5, 5.41) is 22.1. The Bertz CT molecular complexity index is 522. The van der Waals surface area contributed by atoms with Crippen molar-refractivity contribution < 1.29 is 10.0 Å². The molecule has 0 aliphatic carbocycles. The number of nitrogens with zero attached hydrogens (tertiary/aromatic N) is 2. The molecule has 0 saturated heterocycles. The highest BCUT2D eigenvalue weighted by atomic mass is 32.2. The lowest BCUT2D eigenvalue weighted by atomic mass is 10.3. The molecule has 0 saturated carbocycles. The zero-order valence-electron chi connectivity index (χ0n) is 8.69. The van der Waals surface area contributed by atoms with Crippen molar-refractivity contribution in [2.45, 2.75) is 21.6 Å². The minimum absolute atomic E-state index is 0.0334. The van der Waals surface area contributed by atoms with E-state index >= 15 is 0 Å². The molecule has 1 N–H and O–H groups in total. The largest absolute Gasteiger partial charge is 0.388 e. The van der Waals surface area contributed by atoms with Gasteiger partial charge in [-0.25, -0.2) is 4.98 Å². The van der Waals surface area contributed by atoms with Gasteiger partial charge >= 0.3 is 0 Å². The summed E-state index contributed by atoms with van der Waals surface area (Å²) in [5.41, 5.74) is 0.0334. The fourth-order valence-corrected chi connectivity index (χ4v) is 4.25. The molecule has 0 bridgehead atoms. The first-order valence-corrected chi connectivity index (χ1v) is 7.12. The van der Waals surface area contributed by atoms with E-state index in [4.69, 9.17) is 0 Å². The van der Waals surface area contributed by atoms with Gasteiger partial charge in [-0.3, -0.25) is 10.1 Å². The van der Waals surface area contributed by atoms with Crippen molar-refractivity contribution >= 4 is 40.1 Å². The van der Waals surface area contributed by atoms with E-state index in [1.807, 2.05) is 5.38 Å². The Morgan fingerprint density at radius 3 is 2.94 bits per heavy atom. The number of rotatable bonds is 4. The normalized spacial score (nSPS) is 12.6. The third-order valence-electron chi connectivity index (χ3n) is 1.90. The molecule has 2 aromatic heterocycles. The van der Waals surface area contributed by atoms with Gasteiger partial charge in [0.2, 0.25) is 0 Å². The van der Waals surface area contributed by atoms with Crippen LogP contribution in [0.2, 0.25) is 0 Å². The molecule has 0 unspecified atom stereocenters. The molecule has 8 heteroatoms. The maximum absolute atomic E-state index is 10.9. The second-order valence-electron chi connectivity index (χ2n) is 3.15. The van der Waals surface area contributed by atoms with Crippen LogP contribution in [0.1, 0.15) is 17.9 Å². The maximum Gasteiger partial charge on any atom is 0.294 e. The standard InChI is InChI=1S/C9H8N2O3S3/c1-5(12)7-4-6(11(13)14)8(16-7)17-9-10-2-3-15-9/h2-5,12H,1H3/t5-/m0/s1. The van der Waals surface area contributed by atoms with Gasteiger partial charge in [0.05, 0.1) is 11.0 Å².